The van der Waals surface area contributed by atoms with Gasteiger partial charge in [0.05, 0.1) is 0 Å². The SMILES string of the molecule is OC(C1CCCN1C[C@@H](O)c1cc2ccccc2o1)C(F)(F)F. The van der Waals surface area contributed by atoms with Crippen LogP contribution in [0.15, 0.2) is 34.7 Å². The number of nitrogens with zero attached hydrogens (tertiary/aromatic N) is 1. The molecule has 23 heavy (non-hydrogen) atoms. The Morgan fingerprint density at radius 3 is 2.70 bits per heavy atom. The van der Waals surface area contributed by atoms with Crippen LogP contribution in [0.2, 0.25) is 0 Å². The van der Waals surface area contributed by atoms with Gasteiger partial charge in [0, 0.05) is 18.0 Å². The van der Waals surface area contributed by atoms with Gasteiger partial charge in [0.2, 0.25) is 0 Å². The maximum atomic E-state index is 12.7. The summed E-state index contributed by atoms with van der Waals surface area (Å²) in [5, 5.41) is 20.6. The Labute approximate surface area is 131 Å². The van der Waals surface area contributed by atoms with Gasteiger partial charge in [0.25, 0.3) is 0 Å². The van der Waals surface area contributed by atoms with Gasteiger partial charge in [-0.1, -0.05) is 18.2 Å². The molecule has 1 aromatic carbocycles. The zero-order chi connectivity index (χ0) is 16.6. The van der Waals surface area contributed by atoms with E-state index >= 15 is 0 Å². The molecule has 1 aromatic heterocycles. The van der Waals surface area contributed by atoms with Crippen LogP contribution < -0.4 is 0 Å². The van der Waals surface area contributed by atoms with E-state index in [-0.39, 0.29) is 13.0 Å². The van der Waals surface area contributed by atoms with Gasteiger partial charge in [-0.15, -0.1) is 0 Å². The second-order valence-corrected chi connectivity index (χ2v) is 5.89. The normalized spacial score (nSPS) is 22.6. The van der Waals surface area contributed by atoms with Crippen molar-refractivity contribution in [1.82, 2.24) is 4.90 Å². The number of halogens is 3. The van der Waals surface area contributed by atoms with E-state index < -0.39 is 24.4 Å². The summed E-state index contributed by atoms with van der Waals surface area (Å²) in [7, 11) is 0. The summed E-state index contributed by atoms with van der Waals surface area (Å²) in [6.45, 7) is 0.409. The summed E-state index contributed by atoms with van der Waals surface area (Å²) in [6, 6.07) is 7.90. The minimum atomic E-state index is -4.66. The first-order valence-corrected chi connectivity index (χ1v) is 7.51. The van der Waals surface area contributed by atoms with Crippen LogP contribution in [0.1, 0.15) is 24.7 Å². The first kappa shape index (κ1) is 16.3. The van der Waals surface area contributed by atoms with Gasteiger partial charge in [-0.3, -0.25) is 4.90 Å². The largest absolute Gasteiger partial charge is 0.458 e. The third-order valence-corrected chi connectivity index (χ3v) is 4.29. The third kappa shape index (κ3) is 3.36. The van der Waals surface area contributed by atoms with Gasteiger partial charge in [0.15, 0.2) is 6.10 Å². The molecule has 3 atom stereocenters. The van der Waals surface area contributed by atoms with Crippen molar-refractivity contribution in [3.05, 3.63) is 36.1 Å². The molecular weight excluding hydrogens is 311 g/mol. The number of β-amino-alcohol motifs (C(OH)–C–C–N with tert-alkyl or cyclic N) is 1. The second kappa shape index (κ2) is 6.14. The molecule has 7 heteroatoms. The lowest BCUT2D eigenvalue weighted by molar-refractivity contribution is -0.220. The Morgan fingerprint density at radius 2 is 2.00 bits per heavy atom. The highest BCUT2D eigenvalue weighted by Crippen LogP contribution is 2.32. The van der Waals surface area contributed by atoms with Crippen LogP contribution in [0.25, 0.3) is 11.0 Å². The number of likely N-dealkylation sites (tertiary alicyclic amines) is 1. The number of benzene rings is 1. The molecule has 126 valence electrons. The maximum Gasteiger partial charge on any atom is 0.415 e. The summed E-state index contributed by atoms with van der Waals surface area (Å²) in [4.78, 5) is 1.48. The van der Waals surface area contributed by atoms with Gasteiger partial charge in [-0.2, -0.15) is 13.2 Å². The predicted molar refractivity (Wildman–Crippen MR) is 77.8 cm³/mol. The van der Waals surface area contributed by atoms with Crippen LogP contribution >= 0.6 is 0 Å². The zero-order valence-electron chi connectivity index (χ0n) is 12.3. The van der Waals surface area contributed by atoms with Crippen molar-refractivity contribution in [2.45, 2.75) is 37.3 Å². The molecule has 1 aliphatic heterocycles. The van der Waals surface area contributed by atoms with E-state index in [1.54, 1.807) is 18.2 Å². The Hall–Kier alpha value is -1.57. The molecular formula is C16H18F3NO3. The standard InChI is InChI=1S/C16H18F3NO3/c17-16(18,19)15(22)11-5-3-7-20(11)9-12(21)14-8-10-4-1-2-6-13(10)23-14/h1-2,4,6,8,11-12,15,21-22H,3,5,7,9H2/t11?,12-,15?/m1/s1. The van der Waals surface area contributed by atoms with Crippen LogP contribution in [0, 0.1) is 0 Å². The summed E-state index contributed by atoms with van der Waals surface area (Å²) >= 11 is 0. The van der Waals surface area contributed by atoms with E-state index in [1.165, 1.54) is 4.90 Å². The highest BCUT2D eigenvalue weighted by Gasteiger charge is 2.47. The van der Waals surface area contributed by atoms with Crippen molar-refractivity contribution < 1.29 is 27.8 Å². The lowest BCUT2D eigenvalue weighted by atomic mass is 10.1. The highest BCUT2D eigenvalue weighted by atomic mass is 19.4. The second-order valence-electron chi connectivity index (χ2n) is 5.89. The number of fused-ring (bicyclic) bond motifs is 1. The van der Waals surface area contributed by atoms with E-state index in [1.807, 2.05) is 12.1 Å². The fourth-order valence-corrected chi connectivity index (χ4v) is 3.13. The van der Waals surface area contributed by atoms with Crippen LogP contribution in [0.4, 0.5) is 13.2 Å². The fourth-order valence-electron chi connectivity index (χ4n) is 3.13. The van der Waals surface area contributed by atoms with Crippen LogP contribution in [-0.4, -0.2) is 46.5 Å². The molecule has 1 fully saturated rings. The van der Waals surface area contributed by atoms with Crippen molar-refractivity contribution >= 4 is 11.0 Å². The Morgan fingerprint density at radius 1 is 1.26 bits per heavy atom. The van der Waals surface area contributed by atoms with Crippen molar-refractivity contribution in [2.24, 2.45) is 0 Å². The van der Waals surface area contributed by atoms with E-state index in [0.29, 0.717) is 24.3 Å². The molecule has 3 rings (SSSR count). The lowest BCUT2D eigenvalue weighted by Crippen LogP contribution is -2.48. The van der Waals surface area contributed by atoms with E-state index in [0.717, 1.165) is 5.39 Å². The summed E-state index contributed by atoms with van der Waals surface area (Å²) < 4.78 is 43.7. The lowest BCUT2D eigenvalue weighted by Gasteiger charge is -2.30. The Kier molecular flexibility index (Phi) is 4.35. The van der Waals surface area contributed by atoms with Gasteiger partial charge < -0.3 is 14.6 Å². The maximum absolute atomic E-state index is 12.7. The van der Waals surface area contributed by atoms with Gasteiger partial charge >= 0.3 is 6.18 Å². The molecule has 0 spiro atoms. The molecule has 0 amide bonds. The van der Waals surface area contributed by atoms with Gasteiger partial charge in [0.1, 0.15) is 17.4 Å². The molecule has 2 unspecified atom stereocenters. The predicted octanol–water partition coefficient (Wildman–Crippen LogP) is 2.85. The van der Waals surface area contributed by atoms with E-state index in [9.17, 15) is 23.4 Å². The molecule has 0 bridgehead atoms. The first-order valence-electron chi connectivity index (χ1n) is 7.51. The van der Waals surface area contributed by atoms with Crippen molar-refractivity contribution in [1.29, 1.82) is 0 Å². The molecule has 1 saturated heterocycles. The smallest absolute Gasteiger partial charge is 0.415 e. The summed E-state index contributed by atoms with van der Waals surface area (Å²) in [5.41, 5.74) is 0.620. The van der Waals surface area contributed by atoms with Crippen LogP contribution in [0.5, 0.6) is 0 Å². The average molecular weight is 329 g/mol. The topological polar surface area (TPSA) is 56.8 Å². The van der Waals surface area contributed by atoms with Crippen LogP contribution in [0.3, 0.4) is 0 Å². The van der Waals surface area contributed by atoms with Crippen LogP contribution in [-0.2, 0) is 0 Å². The average Bonchev–Trinajstić information content (AvgIpc) is 3.11. The molecule has 0 radical (unpaired) electrons. The molecule has 1 aliphatic rings. The molecule has 4 nitrogen and oxygen atoms in total. The monoisotopic (exact) mass is 329 g/mol. The Balaban J connectivity index is 1.72. The number of hydrogen-bond donors (Lipinski definition) is 2. The minimum Gasteiger partial charge on any atom is -0.458 e. The van der Waals surface area contributed by atoms with E-state index in [4.69, 9.17) is 4.42 Å². The number of hydrogen-bond acceptors (Lipinski definition) is 4. The quantitative estimate of drug-likeness (QED) is 0.906. The number of aliphatic hydroxyl groups excluding tert-OH is 2. The van der Waals surface area contributed by atoms with E-state index in [2.05, 4.69) is 0 Å². The van der Waals surface area contributed by atoms with Gasteiger partial charge in [-0.25, -0.2) is 0 Å². The van der Waals surface area contributed by atoms with Crippen molar-refractivity contribution in [3.63, 3.8) is 0 Å². The molecule has 2 aromatic rings. The molecule has 0 aliphatic carbocycles. The molecule has 0 saturated carbocycles. The number of furan rings is 1. The molecule has 2 heterocycles. The third-order valence-electron chi connectivity index (χ3n) is 4.29. The minimum absolute atomic E-state index is 0.00235. The van der Waals surface area contributed by atoms with Crippen molar-refractivity contribution in [3.8, 4) is 0 Å². The Bertz CT molecular complexity index is 637. The van der Waals surface area contributed by atoms with Crippen molar-refractivity contribution in [2.75, 3.05) is 13.1 Å². The first-order chi connectivity index (χ1) is 10.9. The number of para-hydroxylation sites is 1. The number of alkyl halides is 3. The highest BCUT2D eigenvalue weighted by molar-refractivity contribution is 5.77. The zero-order valence-corrected chi connectivity index (χ0v) is 12.3. The molecule has 2 N–H and O–H groups in total. The summed E-state index contributed by atoms with van der Waals surface area (Å²) in [6.07, 6.45) is -7.27. The summed E-state index contributed by atoms with van der Waals surface area (Å²) in [5.74, 6) is 0.318. The fraction of sp³-hybridized carbons (Fsp3) is 0.500. The number of rotatable bonds is 4. The number of aliphatic hydroxyl groups is 2. The van der Waals surface area contributed by atoms with Gasteiger partial charge in [-0.05, 0) is 31.5 Å².